The largest absolute Gasteiger partial charge is 0.497 e. The third-order valence-corrected chi connectivity index (χ3v) is 3.82. The van der Waals surface area contributed by atoms with Crippen LogP contribution in [0.3, 0.4) is 0 Å². The minimum absolute atomic E-state index is 0.0791. The summed E-state index contributed by atoms with van der Waals surface area (Å²) in [5.74, 6) is 0.838. The van der Waals surface area contributed by atoms with Crippen LogP contribution >= 0.6 is 0 Å². The zero-order valence-electron chi connectivity index (χ0n) is 13.0. The molecular weight excluding hydrogens is 294 g/mol. The second kappa shape index (κ2) is 7.19. The van der Waals surface area contributed by atoms with E-state index in [-0.39, 0.29) is 12.0 Å². The third kappa shape index (κ3) is 3.84. The smallest absolute Gasteiger partial charge is 0.227 e. The van der Waals surface area contributed by atoms with Gasteiger partial charge in [0.2, 0.25) is 5.91 Å². The van der Waals surface area contributed by atoms with Gasteiger partial charge in [0.05, 0.1) is 38.6 Å². The fraction of sp³-hybridized carbons (Fsp3) is 0.353. The number of nitrogens with zero attached hydrogens (tertiary/aromatic N) is 3. The Labute approximate surface area is 135 Å². The minimum Gasteiger partial charge on any atom is -0.497 e. The van der Waals surface area contributed by atoms with Gasteiger partial charge >= 0.3 is 0 Å². The van der Waals surface area contributed by atoms with Gasteiger partial charge in [-0.1, -0.05) is 12.1 Å². The van der Waals surface area contributed by atoms with Gasteiger partial charge in [-0.3, -0.25) is 14.8 Å². The maximum Gasteiger partial charge on any atom is 0.227 e. The van der Waals surface area contributed by atoms with E-state index in [1.807, 2.05) is 29.2 Å². The van der Waals surface area contributed by atoms with Crippen molar-refractivity contribution in [2.24, 2.45) is 0 Å². The van der Waals surface area contributed by atoms with Gasteiger partial charge in [0, 0.05) is 18.9 Å². The second-order valence-corrected chi connectivity index (χ2v) is 5.36. The molecule has 3 rings (SSSR count). The van der Waals surface area contributed by atoms with Crippen LogP contribution in [-0.2, 0) is 16.0 Å². The lowest BCUT2D eigenvalue weighted by atomic mass is 10.1. The van der Waals surface area contributed by atoms with Gasteiger partial charge in [-0.2, -0.15) is 0 Å². The van der Waals surface area contributed by atoms with E-state index < -0.39 is 0 Å². The average Bonchev–Trinajstić information content (AvgIpc) is 2.63. The average molecular weight is 313 g/mol. The minimum atomic E-state index is -0.216. The van der Waals surface area contributed by atoms with E-state index in [0.717, 1.165) is 17.0 Å². The topological polar surface area (TPSA) is 64.5 Å². The Kier molecular flexibility index (Phi) is 4.83. The molecule has 0 radical (unpaired) electrons. The summed E-state index contributed by atoms with van der Waals surface area (Å²) in [5.41, 5.74) is 1.70. The normalized spacial score (nSPS) is 17.8. The van der Waals surface area contributed by atoms with Gasteiger partial charge in [0.1, 0.15) is 11.9 Å². The monoisotopic (exact) mass is 313 g/mol. The predicted molar refractivity (Wildman–Crippen MR) is 84.0 cm³/mol. The summed E-state index contributed by atoms with van der Waals surface area (Å²) in [6.07, 6.45) is 5.07. The Balaban J connectivity index is 1.65. The molecule has 1 aliphatic heterocycles. The highest BCUT2D eigenvalue weighted by molar-refractivity contribution is 5.79. The summed E-state index contributed by atoms with van der Waals surface area (Å²) < 4.78 is 10.9. The molecular formula is C17H19N3O3. The number of ether oxygens (including phenoxy) is 2. The molecule has 120 valence electrons. The van der Waals surface area contributed by atoms with Crippen molar-refractivity contribution in [2.45, 2.75) is 12.5 Å². The molecule has 0 saturated carbocycles. The van der Waals surface area contributed by atoms with E-state index in [2.05, 4.69) is 9.97 Å². The fourth-order valence-corrected chi connectivity index (χ4v) is 2.60. The van der Waals surface area contributed by atoms with Gasteiger partial charge in [0.15, 0.2) is 0 Å². The van der Waals surface area contributed by atoms with Crippen molar-refractivity contribution >= 4 is 5.91 Å². The van der Waals surface area contributed by atoms with E-state index in [0.29, 0.717) is 26.1 Å². The molecule has 0 unspecified atom stereocenters. The first-order valence-corrected chi connectivity index (χ1v) is 7.54. The highest BCUT2D eigenvalue weighted by atomic mass is 16.5. The van der Waals surface area contributed by atoms with Crippen molar-refractivity contribution in [2.75, 3.05) is 26.8 Å². The van der Waals surface area contributed by atoms with Crippen molar-refractivity contribution < 1.29 is 14.3 Å². The molecule has 0 aliphatic carbocycles. The van der Waals surface area contributed by atoms with E-state index in [1.54, 1.807) is 25.7 Å². The number of hydrogen-bond acceptors (Lipinski definition) is 5. The van der Waals surface area contributed by atoms with Crippen molar-refractivity contribution in [3.63, 3.8) is 0 Å². The highest BCUT2D eigenvalue weighted by Crippen LogP contribution is 2.21. The number of aromatic nitrogens is 2. The molecule has 1 aromatic heterocycles. The maximum atomic E-state index is 12.5. The number of morpholine rings is 1. The van der Waals surface area contributed by atoms with Gasteiger partial charge in [-0.05, 0) is 17.7 Å². The molecule has 1 aliphatic rings. The lowest BCUT2D eigenvalue weighted by molar-refractivity contribution is -0.138. The Hall–Kier alpha value is -2.47. The molecule has 6 nitrogen and oxygen atoms in total. The summed E-state index contributed by atoms with van der Waals surface area (Å²) in [6, 6.07) is 7.58. The number of amides is 1. The van der Waals surface area contributed by atoms with E-state index in [4.69, 9.17) is 9.47 Å². The first-order valence-electron chi connectivity index (χ1n) is 7.54. The first-order chi connectivity index (χ1) is 11.3. The van der Waals surface area contributed by atoms with Crippen LogP contribution in [0.4, 0.5) is 0 Å². The molecule has 1 aromatic carbocycles. The molecule has 0 spiro atoms. The molecule has 1 fully saturated rings. The number of rotatable bonds is 4. The Morgan fingerprint density at radius 2 is 2.35 bits per heavy atom. The molecule has 0 bridgehead atoms. The first kappa shape index (κ1) is 15.4. The van der Waals surface area contributed by atoms with E-state index >= 15 is 0 Å². The maximum absolute atomic E-state index is 12.5. The van der Waals surface area contributed by atoms with Crippen LogP contribution in [0.5, 0.6) is 5.75 Å². The number of hydrogen-bond donors (Lipinski definition) is 0. The van der Waals surface area contributed by atoms with Crippen molar-refractivity contribution in [1.82, 2.24) is 14.9 Å². The van der Waals surface area contributed by atoms with Crippen LogP contribution in [0.15, 0.2) is 42.9 Å². The molecule has 0 N–H and O–H groups in total. The zero-order chi connectivity index (χ0) is 16.1. The summed E-state index contributed by atoms with van der Waals surface area (Å²) >= 11 is 0. The summed E-state index contributed by atoms with van der Waals surface area (Å²) in [4.78, 5) is 22.7. The van der Waals surface area contributed by atoms with Crippen molar-refractivity contribution in [3.05, 3.63) is 54.1 Å². The molecule has 1 atom stereocenters. The van der Waals surface area contributed by atoms with Crippen LogP contribution < -0.4 is 4.74 Å². The quantitative estimate of drug-likeness (QED) is 0.858. The van der Waals surface area contributed by atoms with Crippen molar-refractivity contribution in [1.29, 1.82) is 0 Å². The van der Waals surface area contributed by atoms with Crippen LogP contribution in [-0.4, -0.2) is 47.6 Å². The summed E-state index contributed by atoms with van der Waals surface area (Å²) in [6.45, 7) is 1.60. The lowest BCUT2D eigenvalue weighted by Crippen LogP contribution is -2.43. The standard InChI is InChI=1S/C17H19N3O3/c1-22-14-4-2-3-13(9-14)10-17(21)20-7-8-23-16(12-20)15-11-18-5-6-19-15/h2-6,9,11,16H,7-8,10,12H2,1H3/t16-/m0/s1. The predicted octanol–water partition coefficient (Wildman–Crippen LogP) is 1.63. The van der Waals surface area contributed by atoms with E-state index in [9.17, 15) is 4.79 Å². The van der Waals surface area contributed by atoms with Gasteiger partial charge in [0.25, 0.3) is 0 Å². The number of benzene rings is 1. The Morgan fingerprint density at radius 1 is 1.43 bits per heavy atom. The summed E-state index contributed by atoms with van der Waals surface area (Å²) in [5, 5.41) is 0. The fourth-order valence-electron chi connectivity index (χ4n) is 2.60. The van der Waals surface area contributed by atoms with Crippen LogP contribution in [0, 0.1) is 0 Å². The lowest BCUT2D eigenvalue weighted by Gasteiger charge is -2.32. The number of carbonyl (C=O) groups is 1. The third-order valence-electron chi connectivity index (χ3n) is 3.82. The van der Waals surface area contributed by atoms with Crippen LogP contribution in [0.25, 0.3) is 0 Å². The van der Waals surface area contributed by atoms with Gasteiger partial charge in [-0.15, -0.1) is 0 Å². The second-order valence-electron chi connectivity index (χ2n) is 5.36. The van der Waals surface area contributed by atoms with E-state index in [1.165, 1.54) is 0 Å². The molecule has 2 aromatic rings. The van der Waals surface area contributed by atoms with Crippen LogP contribution in [0.1, 0.15) is 17.4 Å². The van der Waals surface area contributed by atoms with Gasteiger partial charge < -0.3 is 14.4 Å². The number of methoxy groups -OCH3 is 1. The molecule has 23 heavy (non-hydrogen) atoms. The van der Waals surface area contributed by atoms with Gasteiger partial charge in [-0.25, -0.2) is 0 Å². The molecule has 6 heteroatoms. The highest BCUT2D eigenvalue weighted by Gasteiger charge is 2.26. The Bertz CT molecular complexity index is 663. The van der Waals surface area contributed by atoms with Crippen LogP contribution in [0.2, 0.25) is 0 Å². The SMILES string of the molecule is COc1cccc(CC(=O)N2CCO[C@H](c3cnccn3)C2)c1. The number of carbonyl (C=O) groups excluding carboxylic acids is 1. The molecule has 1 saturated heterocycles. The summed E-state index contributed by atoms with van der Waals surface area (Å²) in [7, 11) is 1.62. The molecule has 2 heterocycles. The Morgan fingerprint density at radius 3 is 3.13 bits per heavy atom. The zero-order valence-corrected chi connectivity index (χ0v) is 13.0. The molecule has 1 amide bonds. The van der Waals surface area contributed by atoms with Crippen molar-refractivity contribution in [3.8, 4) is 5.75 Å².